The maximum Gasteiger partial charge on any atom is 0.362 e. The van der Waals surface area contributed by atoms with Crippen LogP contribution in [0.25, 0.3) is 0 Å². The van der Waals surface area contributed by atoms with Crippen LogP contribution in [0.3, 0.4) is 0 Å². The van der Waals surface area contributed by atoms with Crippen molar-refractivity contribution >= 4 is 17.8 Å². The van der Waals surface area contributed by atoms with Crippen molar-refractivity contribution in [2.75, 3.05) is 26.2 Å². The first kappa shape index (κ1) is 23.1. The Morgan fingerprint density at radius 2 is 1.80 bits per heavy atom. The highest BCUT2D eigenvalue weighted by Gasteiger charge is 2.43. The summed E-state index contributed by atoms with van der Waals surface area (Å²) in [5.74, 6) is -2.75. The molecule has 0 saturated heterocycles. The summed E-state index contributed by atoms with van der Waals surface area (Å²) in [5.41, 5.74) is 0. The van der Waals surface area contributed by atoms with E-state index in [1.54, 1.807) is 0 Å². The van der Waals surface area contributed by atoms with Crippen molar-refractivity contribution in [3.05, 3.63) is 12.2 Å². The van der Waals surface area contributed by atoms with Gasteiger partial charge in [-0.25, -0.2) is 4.79 Å². The van der Waals surface area contributed by atoms with Gasteiger partial charge in [0.05, 0.1) is 25.7 Å². The maximum atomic E-state index is 11.8. The number of aliphatic hydroxyl groups is 1. The van der Waals surface area contributed by atoms with Crippen molar-refractivity contribution in [1.29, 1.82) is 0 Å². The van der Waals surface area contributed by atoms with E-state index in [4.69, 9.17) is 0 Å². The highest BCUT2D eigenvalue weighted by molar-refractivity contribution is 5.76. The number of aliphatic hydroxyl groups excluding tert-OH is 1. The third kappa shape index (κ3) is 7.23. The van der Waals surface area contributed by atoms with Crippen molar-refractivity contribution in [3.63, 3.8) is 0 Å². The largest absolute Gasteiger partial charge is 0.544 e. The molecule has 1 amide bonds. The van der Waals surface area contributed by atoms with Gasteiger partial charge in [0.2, 0.25) is 5.91 Å². The van der Waals surface area contributed by atoms with Crippen LogP contribution < -0.4 is 10.4 Å². The summed E-state index contributed by atoms with van der Waals surface area (Å²) in [4.78, 5) is 34.6. The van der Waals surface area contributed by atoms with Gasteiger partial charge in [-0.05, 0) is 26.7 Å². The Bertz CT molecular complexity index is 458. The van der Waals surface area contributed by atoms with Gasteiger partial charge < -0.3 is 29.9 Å². The van der Waals surface area contributed by atoms with E-state index in [1.807, 2.05) is 19.1 Å². The summed E-state index contributed by atoms with van der Waals surface area (Å²) in [6, 6.07) is -2.20. The number of quaternary nitrogens is 1. The Hall–Kier alpha value is -1.93. The molecule has 144 valence electrons. The third-order valence-electron chi connectivity index (χ3n) is 4.55. The van der Waals surface area contributed by atoms with E-state index < -0.39 is 28.5 Å². The summed E-state index contributed by atoms with van der Waals surface area (Å²) in [6.45, 7) is 4.52. The Morgan fingerprint density at radius 1 is 1.16 bits per heavy atom. The number of hydrogen-bond donors (Lipinski definition) is 3. The molecule has 0 rings (SSSR count). The first-order chi connectivity index (χ1) is 11.7. The predicted octanol–water partition coefficient (Wildman–Crippen LogP) is -0.730. The summed E-state index contributed by atoms with van der Waals surface area (Å²) >= 11 is 0. The summed E-state index contributed by atoms with van der Waals surface area (Å²) < 4.78 is -0.399. The molecule has 3 atom stereocenters. The van der Waals surface area contributed by atoms with Crippen molar-refractivity contribution in [2.45, 2.75) is 52.1 Å². The van der Waals surface area contributed by atoms with Gasteiger partial charge in [-0.1, -0.05) is 19.1 Å². The fraction of sp³-hybridized carbons (Fsp3) is 0.706. The van der Waals surface area contributed by atoms with Crippen LogP contribution in [0.2, 0.25) is 0 Å². The van der Waals surface area contributed by atoms with Crippen LogP contribution in [0.1, 0.15) is 40.0 Å². The smallest absolute Gasteiger partial charge is 0.362 e. The van der Waals surface area contributed by atoms with E-state index in [2.05, 4.69) is 5.32 Å². The molecule has 0 aromatic carbocycles. The molecule has 8 nitrogen and oxygen atoms in total. The van der Waals surface area contributed by atoms with E-state index in [-0.39, 0.29) is 32.1 Å². The molecule has 0 aliphatic heterocycles. The van der Waals surface area contributed by atoms with Crippen molar-refractivity contribution in [2.24, 2.45) is 0 Å². The molecule has 3 N–H and O–H groups in total. The van der Waals surface area contributed by atoms with E-state index in [0.717, 1.165) is 6.42 Å². The Balaban J connectivity index is 4.99. The monoisotopic (exact) mass is 358 g/mol. The fourth-order valence-electron chi connectivity index (χ4n) is 2.83. The maximum absolute atomic E-state index is 11.8. The number of carboxylic acids is 2. The minimum absolute atomic E-state index is 0.0578. The topological polar surface area (TPSA) is 127 Å². The number of aliphatic carboxylic acids is 2. The molecular formula is C17H30N2O6. The molecular weight excluding hydrogens is 328 g/mol. The van der Waals surface area contributed by atoms with Crippen molar-refractivity contribution in [1.82, 2.24) is 5.32 Å². The number of nitrogens with zero attached hydrogens (tertiary/aromatic N) is 1. The molecule has 0 aromatic rings. The number of hydrogen-bond acceptors (Lipinski definition) is 5. The number of carbonyl (C=O) groups is 3. The number of allylic oxidation sites excluding steroid dienone is 2. The van der Waals surface area contributed by atoms with Gasteiger partial charge in [0.25, 0.3) is 0 Å². The van der Waals surface area contributed by atoms with Crippen LogP contribution in [0.15, 0.2) is 12.2 Å². The molecule has 0 fully saturated rings. The van der Waals surface area contributed by atoms with Gasteiger partial charge in [0, 0.05) is 6.42 Å². The normalized spacial score (nSPS) is 16.2. The third-order valence-corrected chi connectivity index (χ3v) is 4.55. The van der Waals surface area contributed by atoms with Gasteiger partial charge in [-0.15, -0.1) is 0 Å². The van der Waals surface area contributed by atoms with Gasteiger partial charge in [0.1, 0.15) is 12.6 Å². The summed E-state index contributed by atoms with van der Waals surface area (Å²) in [7, 11) is 0. The molecule has 8 heteroatoms. The van der Waals surface area contributed by atoms with Crippen LogP contribution >= 0.6 is 0 Å². The zero-order chi connectivity index (χ0) is 19.5. The van der Waals surface area contributed by atoms with Crippen LogP contribution in [-0.4, -0.2) is 70.9 Å². The minimum atomic E-state index is -1.39. The number of amides is 1. The van der Waals surface area contributed by atoms with E-state index in [9.17, 15) is 29.7 Å². The molecule has 0 bridgehead atoms. The minimum Gasteiger partial charge on any atom is -0.544 e. The van der Waals surface area contributed by atoms with Crippen LogP contribution in [0, 0.1) is 0 Å². The van der Waals surface area contributed by atoms with Gasteiger partial charge in [-0.2, -0.15) is 0 Å². The molecule has 0 radical (unpaired) electrons. The van der Waals surface area contributed by atoms with Crippen molar-refractivity contribution in [3.8, 4) is 0 Å². The summed E-state index contributed by atoms with van der Waals surface area (Å²) in [6.07, 6.45) is 5.69. The van der Waals surface area contributed by atoms with Crippen molar-refractivity contribution < 1.29 is 34.2 Å². The molecule has 0 spiro atoms. The molecule has 0 heterocycles. The lowest BCUT2D eigenvalue weighted by atomic mass is 10.1. The van der Waals surface area contributed by atoms with Gasteiger partial charge in [0.15, 0.2) is 6.04 Å². The lowest BCUT2D eigenvalue weighted by Crippen LogP contribution is -2.69. The molecule has 25 heavy (non-hydrogen) atoms. The summed E-state index contributed by atoms with van der Waals surface area (Å²) in [5, 5.41) is 32.7. The molecule has 0 saturated carbocycles. The lowest BCUT2D eigenvalue weighted by Gasteiger charge is -2.46. The lowest BCUT2D eigenvalue weighted by molar-refractivity contribution is -0.955. The Kier molecular flexibility index (Phi) is 10.7. The number of rotatable bonds is 13. The highest BCUT2D eigenvalue weighted by atomic mass is 16.4. The standard InChI is InChI=1S/C17H30N2O6/c1-4-5-6-7-8-15(21)18-9-10-19(11-12-20,13(2)16(22)23)14(3)17(24)25/h5-6,13-14,20H,4,7-12H2,1-3H3,(H2-,18,21,22,23,24,25)/b6-5+. The molecule has 0 aliphatic carbocycles. The Labute approximate surface area is 148 Å². The molecule has 3 unspecified atom stereocenters. The van der Waals surface area contributed by atoms with Crippen LogP contribution in [0.5, 0.6) is 0 Å². The predicted molar refractivity (Wildman–Crippen MR) is 90.3 cm³/mol. The van der Waals surface area contributed by atoms with Crippen LogP contribution in [-0.2, 0) is 14.4 Å². The average Bonchev–Trinajstić information content (AvgIpc) is 2.56. The number of carboxylic acid groups (broad SMARTS) is 2. The number of nitrogens with one attached hydrogen (secondary N) is 1. The second kappa shape index (κ2) is 11.6. The number of carbonyl (C=O) groups excluding carboxylic acids is 2. The Morgan fingerprint density at radius 3 is 2.28 bits per heavy atom. The quantitative estimate of drug-likeness (QED) is 0.294. The van der Waals surface area contributed by atoms with Gasteiger partial charge >= 0.3 is 5.97 Å². The van der Waals surface area contributed by atoms with Crippen LogP contribution in [0.4, 0.5) is 0 Å². The van der Waals surface area contributed by atoms with E-state index in [1.165, 1.54) is 13.8 Å². The zero-order valence-corrected chi connectivity index (χ0v) is 15.2. The molecule has 0 aliphatic rings. The van der Waals surface area contributed by atoms with E-state index in [0.29, 0.717) is 12.8 Å². The van der Waals surface area contributed by atoms with E-state index >= 15 is 0 Å². The zero-order valence-electron chi connectivity index (χ0n) is 15.2. The van der Waals surface area contributed by atoms with Gasteiger partial charge in [-0.3, -0.25) is 4.79 Å². The second-order valence-electron chi connectivity index (χ2n) is 6.05. The first-order valence-electron chi connectivity index (χ1n) is 8.55. The second-order valence-corrected chi connectivity index (χ2v) is 6.05. The SMILES string of the molecule is CC/C=C/CCC(=O)NCC[N+](CCO)(C(C)C(=O)[O-])C(C)C(=O)O. The molecule has 0 aromatic heterocycles. The fourth-order valence-corrected chi connectivity index (χ4v) is 2.83. The average molecular weight is 358 g/mol. The highest BCUT2D eigenvalue weighted by Crippen LogP contribution is 2.19. The first-order valence-corrected chi connectivity index (χ1v) is 8.55.